The molecule has 0 aromatic rings. The Hall–Kier alpha value is -0.0800. The third-order valence-corrected chi connectivity index (χ3v) is 2.85. The minimum atomic E-state index is 0.383. The van der Waals surface area contributed by atoms with Gasteiger partial charge in [0.2, 0.25) is 0 Å². The first-order chi connectivity index (χ1) is 7.15. The lowest BCUT2D eigenvalue weighted by atomic mass is 9.97. The van der Waals surface area contributed by atoms with Crippen LogP contribution in [0.5, 0.6) is 0 Å². The summed E-state index contributed by atoms with van der Waals surface area (Å²) in [4.78, 5) is 0. The zero-order chi connectivity index (χ0) is 11.7. The molecule has 92 valence electrons. The molecule has 0 spiro atoms. The van der Waals surface area contributed by atoms with E-state index in [4.69, 9.17) is 4.74 Å². The van der Waals surface area contributed by atoms with Crippen LogP contribution in [0.15, 0.2) is 0 Å². The number of ether oxygens (including phenoxy) is 1. The van der Waals surface area contributed by atoms with Crippen LogP contribution in [0, 0.1) is 5.92 Å². The van der Waals surface area contributed by atoms with Crippen LogP contribution in [-0.2, 0) is 4.74 Å². The highest BCUT2D eigenvalue weighted by molar-refractivity contribution is 4.76. The van der Waals surface area contributed by atoms with Gasteiger partial charge in [-0.1, -0.05) is 34.1 Å². The van der Waals surface area contributed by atoms with Gasteiger partial charge in [-0.2, -0.15) is 0 Å². The van der Waals surface area contributed by atoms with E-state index in [1.54, 1.807) is 0 Å². The molecule has 15 heavy (non-hydrogen) atoms. The van der Waals surface area contributed by atoms with Crippen molar-refractivity contribution in [3.05, 3.63) is 0 Å². The van der Waals surface area contributed by atoms with Crippen LogP contribution in [0.4, 0.5) is 0 Å². The van der Waals surface area contributed by atoms with Crippen LogP contribution in [0.3, 0.4) is 0 Å². The molecule has 1 N–H and O–H groups in total. The van der Waals surface area contributed by atoms with Gasteiger partial charge in [0.05, 0.1) is 6.10 Å². The normalized spacial score (nSPS) is 15.6. The van der Waals surface area contributed by atoms with Gasteiger partial charge in [0, 0.05) is 13.2 Å². The standard InChI is InChI=1S/C13H29NO/c1-6-8-13(15-5)12(14-7-2)10-9-11(3)4/h11-14H,6-10H2,1-5H3. The maximum absolute atomic E-state index is 5.58. The smallest absolute Gasteiger partial charge is 0.0724 e. The van der Waals surface area contributed by atoms with Crippen molar-refractivity contribution in [3.63, 3.8) is 0 Å². The first-order valence-electron chi connectivity index (χ1n) is 6.41. The topological polar surface area (TPSA) is 21.3 Å². The maximum Gasteiger partial charge on any atom is 0.0724 e. The molecule has 0 heterocycles. The second kappa shape index (κ2) is 9.17. The van der Waals surface area contributed by atoms with Crippen LogP contribution >= 0.6 is 0 Å². The van der Waals surface area contributed by atoms with E-state index in [9.17, 15) is 0 Å². The molecule has 0 aliphatic heterocycles. The van der Waals surface area contributed by atoms with Crippen LogP contribution < -0.4 is 5.32 Å². The van der Waals surface area contributed by atoms with E-state index in [1.165, 1.54) is 19.3 Å². The van der Waals surface area contributed by atoms with E-state index in [0.29, 0.717) is 12.1 Å². The molecule has 2 unspecified atom stereocenters. The summed E-state index contributed by atoms with van der Waals surface area (Å²) in [6, 6.07) is 0.530. The Morgan fingerprint density at radius 3 is 2.13 bits per heavy atom. The average Bonchev–Trinajstić information content (AvgIpc) is 2.21. The van der Waals surface area contributed by atoms with E-state index in [2.05, 4.69) is 33.0 Å². The Bertz CT molecular complexity index is 136. The molecule has 2 atom stereocenters. The van der Waals surface area contributed by atoms with Crippen LogP contribution in [0.2, 0.25) is 0 Å². The largest absolute Gasteiger partial charge is 0.380 e. The Balaban J connectivity index is 4.07. The summed E-state index contributed by atoms with van der Waals surface area (Å²) >= 11 is 0. The molecule has 0 amide bonds. The molecule has 0 saturated carbocycles. The quantitative estimate of drug-likeness (QED) is 0.637. The summed E-state index contributed by atoms with van der Waals surface area (Å²) < 4.78 is 5.58. The predicted octanol–water partition coefficient (Wildman–Crippen LogP) is 3.22. The van der Waals surface area contributed by atoms with E-state index < -0.39 is 0 Å². The van der Waals surface area contributed by atoms with E-state index in [0.717, 1.165) is 18.9 Å². The molecule has 0 aliphatic rings. The second-order valence-corrected chi connectivity index (χ2v) is 4.70. The Kier molecular flexibility index (Phi) is 9.12. The molecule has 0 aromatic carbocycles. The van der Waals surface area contributed by atoms with Gasteiger partial charge in [0.1, 0.15) is 0 Å². The molecular formula is C13H29NO. The zero-order valence-electron chi connectivity index (χ0n) is 11.2. The van der Waals surface area contributed by atoms with Crippen molar-refractivity contribution >= 4 is 0 Å². The number of likely N-dealkylation sites (N-methyl/N-ethyl adjacent to an activating group) is 1. The van der Waals surface area contributed by atoms with Gasteiger partial charge in [-0.05, 0) is 31.7 Å². The summed E-state index contributed by atoms with van der Waals surface area (Å²) in [6.45, 7) is 9.99. The Morgan fingerprint density at radius 2 is 1.73 bits per heavy atom. The fourth-order valence-corrected chi connectivity index (χ4v) is 1.96. The van der Waals surface area contributed by atoms with E-state index in [1.807, 2.05) is 7.11 Å². The maximum atomic E-state index is 5.58. The van der Waals surface area contributed by atoms with Crippen molar-refractivity contribution in [1.82, 2.24) is 5.32 Å². The first kappa shape index (κ1) is 14.9. The Labute approximate surface area is 95.8 Å². The van der Waals surface area contributed by atoms with Crippen molar-refractivity contribution in [2.24, 2.45) is 5.92 Å². The minimum absolute atomic E-state index is 0.383. The van der Waals surface area contributed by atoms with Gasteiger partial charge >= 0.3 is 0 Å². The summed E-state index contributed by atoms with van der Waals surface area (Å²) in [5.41, 5.74) is 0. The summed E-state index contributed by atoms with van der Waals surface area (Å²) in [7, 11) is 1.83. The van der Waals surface area contributed by atoms with Gasteiger partial charge in [-0.15, -0.1) is 0 Å². The molecule has 0 rings (SSSR count). The lowest BCUT2D eigenvalue weighted by Gasteiger charge is -2.27. The molecule has 0 aliphatic carbocycles. The Morgan fingerprint density at radius 1 is 1.07 bits per heavy atom. The first-order valence-corrected chi connectivity index (χ1v) is 6.41. The van der Waals surface area contributed by atoms with Crippen LogP contribution in [0.25, 0.3) is 0 Å². The van der Waals surface area contributed by atoms with Gasteiger partial charge in [0.25, 0.3) is 0 Å². The number of rotatable bonds is 9. The summed E-state index contributed by atoms with van der Waals surface area (Å²) in [5.74, 6) is 0.783. The van der Waals surface area contributed by atoms with E-state index in [-0.39, 0.29) is 0 Å². The lowest BCUT2D eigenvalue weighted by Crippen LogP contribution is -2.41. The van der Waals surface area contributed by atoms with Crippen molar-refractivity contribution in [2.45, 2.75) is 65.5 Å². The van der Waals surface area contributed by atoms with Crippen molar-refractivity contribution in [3.8, 4) is 0 Å². The van der Waals surface area contributed by atoms with Crippen molar-refractivity contribution in [2.75, 3.05) is 13.7 Å². The number of nitrogens with one attached hydrogen (secondary N) is 1. The molecule has 0 aromatic heterocycles. The van der Waals surface area contributed by atoms with Gasteiger partial charge in [0.15, 0.2) is 0 Å². The molecule has 0 fully saturated rings. The predicted molar refractivity (Wildman–Crippen MR) is 67.2 cm³/mol. The van der Waals surface area contributed by atoms with Gasteiger partial charge in [-0.3, -0.25) is 0 Å². The highest BCUT2D eigenvalue weighted by atomic mass is 16.5. The molecule has 2 nitrogen and oxygen atoms in total. The molecule has 2 heteroatoms. The highest BCUT2D eigenvalue weighted by Crippen LogP contribution is 2.14. The summed E-state index contributed by atoms with van der Waals surface area (Å²) in [5, 5.41) is 3.55. The van der Waals surface area contributed by atoms with Crippen LogP contribution in [-0.4, -0.2) is 25.8 Å². The number of methoxy groups -OCH3 is 1. The average molecular weight is 215 g/mol. The van der Waals surface area contributed by atoms with E-state index >= 15 is 0 Å². The monoisotopic (exact) mass is 215 g/mol. The minimum Gasteiger partial charge on any atom is -0.380 e. The fourth-order valence-electron chi connectivity index (χ4n) is 1.96. The third-order valence-electron chi connectivity index (χ3n) is 2.85. The SMILES string of the molecule is CCCC(OC)C(CCC(C)C)NCC. The molecule has 0 bridgehead atoms. The van der Waals surface area contributed by atoms with Crippen molar-refractivity contribution in [1.29, 1.82) is 0 Å². The van der Waals surface area contributed by atoms with Gasteiger partial charge < -0.3 is 10.1 Å². The lowest BCUT2D eigenvalue weighted by molar-refractivity contribution is 0.0569. The number of hydrogen-bond donors (Lipinski definition) is 1. The van der Waals surface area contributed by atoms with Crippen LogP contribution in [0.1, 0.15) is 53.4 Å². The van der Waals surface area contributed by atoms with Crippen molar-refractivity contribution < 1.29 is 4.74 Å². The zero-order valence-corrected chi connectivity index (χ0v) is 11.2. The highest BCUT2D eigenvalue weighted by Gasteiger charge is 2.19. The molecular weight excluding hydrogens is 186 g/mol. The summed E-state index contributed by atoms with van der Waals surface area (Å²) in [6.07, 6.45) is 5.24. The fraction of sp³-hybridized carbons (Fsp3) is 1.00. The second-order valence-electron chi connectivity index (χ2n) is 4.70. The molecule has 0 saturated heterocycles. The molecule has 0 radical (unpaired) electrons. The van der Waals surface area contributed by atoms with Gasteiger partial charge in [-0.25, -0.2) is 0 Å². The third kappa shape index (κ3) is 6.91. The number of hydrogen-bond acceptors (Lipinski definition) is 2.